The average molecular weight is 339 g/mol. The minimum atomic E-state index is 0.124. The summed E-state index contributed by atoms with van der Waals surface area (Å²) in [6, 6.07) is 17.6. The van der Waals surface area contributed by atoms with Gasteiger partial charge in [-0.2, -0.15) is 0 Å². The number of carbonyl (C=O) groups excluding carboxylic acids is 1. The van der Waals surface area contributed by atoms with E-state index in [4.69, 9.17) is 11.6 Å². The number of halogens is 1. The average Bonchev–Trinajstić information content (AvgIpc) is 3.05. The van der Waals surface area contributed by atoms with Crippen molar-refractivity contribution in [3.05, 3.63) is 70.9 Å². The van der Waals surface area contributed by atoms with Crippen LogP contribution in [-0.4, -0.2) is 28.9 Å². The first-order valence-electron chi connectivity index (χ1n) is 8.33. The van der Waals surface area contributed by atoms with Crippen molar-refractivity contribution in [3.63, 3.8) is 0 Å². The molecule has 24 heavy (non-hydrogen) atoms. The SMILES string of the molecule is O=C(c1ccccc1)N1CCCC(c2cc3cc(Cl)ccc3[nH]2)C1. The number of fused-ring (bicyclic) bond motifs is 1. The van der Waals surface area contributed by atoms with Gasteiger partial charge in [-0.3, -0.25) is 4.79 Å². The lowest BCUT2D eigenvalue weighted by Crippen LogP contribution is -2.39. The third-order valence-electron chi connectivity index (χ3n) is 4.77. The Bertz CT molecular complexity index is 872. The quantitative estimate of drug-likeness (QED) is 0.713. The van der Waals surface area contributed by atoms with Gasteiger partial charge in [0.25, 0.3) is 5.91 Å². The van der Waals surface area contributed by atoms with Gasteiger partial charge in [-0.15, -0.1) is 0 Å². The maximum absolute atomic E-state index is 12.7. The lowest BCUT2D eigenvalue weighted by atomic mass is 9.94. The molecular formula is C20H19ClN2O. The summed E-state index contributed by atoms with van der Waals surface area (Å²) in [4.78, 5) is 18.2. The number of amides is 1. The summed E-state index contributed by atoms with van der Waals surface area (Å²) in [5.41, 5.74) is 3.06. The highest BCUT2D eigenvalue weighted by molar-refractivity contribution is 6.31. The van der Waals surface area contributed by atoms with Crippen LogP contribution in [0.15, 0.2) is 54.6 Å². The highest BCUT2D eigenvalue weighted by Gasteiger charge is 2.26. The van der Waals surface area contributed by atoms with E-state index in [2.05, 4.69) is 11.1 Å². The summed E-state index contributed by atoms with van der Waals surface area (Å²) >= 11 is 6.08. The fourth-order valence-electron chi connectivity index (χ4n) is 3.52. The molecule has 1 saturated heterocycles. The van der Waals surface area contributed by atoms with Crippen LogP contribution in [0, 0.1) is 0 Å². The van der Waals surface area contributed by atoms with Crippen LogP contribution in [-0.2, 0) is 0 Å². The standard InChI is InChI=1S/C20H19ClN2O/c21-17-8-9-18-16(11-17)12-19(22-18)15-7-4-10-23(13-15)20(24)14-5-2-1-3-6-14/h1-3,5-6,8-9,11-12,15,22H,4,7,10,13H2. The van der Waals surface area contributed by atoms with E-state index in [1.807, 2.05) is 53.4 Å². The molecule has 3 nitrogen and oxygen atoms in total. The molecule has 1 aromatic heterocycles. The fourth-order valence-corrected chi connectivity index (χ4v) is 3.71. The van der Waals surface area contributed by atoms with Gasteiger partial charge in [-0.25, -0.2) is 0 Å². The highest BCUT2D eigenvalue weighted by Crippen LogP contribution is 2.30. The van der Waals surface area contributed by atoms with Crippen molar-refractivity contribution in [2.45, 2.75) is 18.8 Å². The molecule has 1 aliphatic rings. The van der Waals surface area contributed by atoms with E-state index >= 15 is 0 Å². The van der Waals surface area contributed by atoms with Gasteiger partial charge >= 0.3 is 0 Å². The van der Waals surface area contributed by atoms with E-state index in [9.17, 15) is 4.79 Å². The molecular weight excluding hydrogens is 320 g/mol. The summed E-state index contributed by atoms with van der Waals surface area (Å²) in [6.45, 7) is 1.59. The Hall–Kier alpha value is -2.26. The van der Waals surface area contributed by atoms with Gasteiger partial charge in [0.15, 0.2) is 0 Å². The van der Waals surface area contributed by atoms with E-state index in [0.29, 0.717) is 5.92 Å². The minimum Gasteiger partial charge on any atom is -0.358 e. The monoisotopic (exact) mass is 338 g/mol. The lowest BCUT2D eigenvalue weighted by Gasteiger charge is -2.32. The molecule has 0 aliphatic carbocycles. The number of carbonyl (C=O) groups is 1. The molecule has 1 aliphatic heterocycles. The Kier molecular flexibility index (Phi) is 4.03. The van der Waals surface area contributed by atoms with E-state index in [1.54, 1.807) is 0 Å². The van der Waals surface area contributed by atoms with Crippen LogP contribution in [0.2, 0.25) is 5.02 Å². The number of hydrogen-bond donors (Lipinski definition) is 1. The number of rotatable bonds is 2. The van der Waals surface area contributed by atoms with Crippen molar-refractivity contribution in [2.75, 3.05) is 13.1 Å². The number of likely N-dealkylation sites (tertiary alicyclic amines) is 1. The zero-order chi connectivity index (χ0) is 16.5. The summed E-state index contributed by atoms with van der Waals surface area (Å²) in [5.74, 6) is 0.469. The third kappa shape index (κ3) is 2.92. The molecule has 1 unspecified atom stereocenters. The fraction of sp³-hybridized carbons (Fsp3) is 0.250. The lowest BCUT2D eigenvalue weighted by molar-refractivity contribution is 0.0706. The molecule has 4 heteroatoms. The second-order valence-corrected chi connectivity index (χ2v) is 6.85. The van der Waals surface area contributed by atoms with Gasteiger partial charge in [-0.1, -0.05) is 29.8 Å². The minimum absolute atomic E-state index is 0.124. The molecule has 1 N–H and O–H groups in total. The molecule has 2 heterocycles. The first kappa shape index (κ1) is 15.3. The van der Waals surface area contributed by atoms with Crippen molar-refractivity contribution in [3.8, 4) is 0 Å². The predicted molar refractivity (Wildman–Crippen MR) is 97.6 cm³/mol. The Morgan fingerprint density at radius 3 is 2.79 bits per heavy atom. The summed E-state index contributed by atoms with van der Waals surface area (Å²) < 4.78 is 0. The number of aromatic amines is 1. The van der Waals surface area contributed by atoms with Crippen LogP contribution in [0.25, 0.3) is 10.9 Å². The van der Waals surface area contributed by atoms with Gasteiger partial charge in [0, 0.05) is 46.2 Å². The largest absolute Gasteiger partial charge is 0.358 e. The second-order valence-electron chi connectivity index (χ2n) is 6.41. The molecule has 2 aromatic carbocycles. The van der Waals surface area contributed by atoms with Gasteiger partial charge in [0.1, 0.15) is 0 Å². The zero-order valence-corrected chi connectivity index (χ0v) is 14.1. The van der Waals surface area contributed by atoms with Crippen molar-refractivity contribution < 1.29 is 4.79 Å². The Morgan fingerprint density at radius 1 is 1.12 bits per heavy atom. The zero-order valence-electron chi connectivity index (χ0n) is 13.3. The number of H-pyrrole nitrogens is 1. The first-order chi connectivity index (χ1) is 11.7. The van der Waals surface area contributed by atoms with E-state index in [-0.39, 0.29) is 5.91 Å². The van der Waals surface area contributed by atoms with Gasteiger partial charge < -0.3 is 9.88 Å². The van der Waals surface area contributed by atoms with Crippen LogP contribution >= 0.6 is 11.6 Å². The molecule has 0 radical (unpaired) electrons. The number of benzene rings is 2. The molecule has 1 amide bonds. The normalized spacial score (nSPS) is 18.0. The van der Waals surface area contributed by atoms with Crippen molar-refractivity contribution >= 4 is 28.4 Å². The summed E-state index contributed by atoms with van der Waals surface area (Å²) in [7, 11) is 0. The van der Waals surface area contributed by atoms with Crippen molar-refractivity contribution in [1.29, 1.82) is 0 Å². The maximum Gasteiger partial charge on any atom is 0.253 e. The molecule has 4 rings (SSSR count). The maximum atomic E-state index is 12.7. The molecule has 1 fully saturated rings. The van der Waals surface area contributed by atoms with Crippen LogP contribution < -0.4 is 0 Å². The molecule has 0 bridgehead atoms. The van der Waals surface area contributed by atoms with Crippen molar-refractivity contribution in [1.82, 2.24) is 9.88 Å². The van der Waals surface area contributed by atoms with E-state index in [1.165, 1.54) is 5.69 Å². The van der Waals surface area contributed by atoms with Crippen molar-refractivity contribution in [2.24, 2.45) is 0 Å². The number of piperidine rings is 1. The topological polar surface area (TPSA) is 36.1 Å². The second kappa shape index (κ2) is 6.33. The molecule has 1 atom stereocenters. The van der Waals surface area contributed by atoms with Crippen LogP contribution in [0.5, 0.6) is 0 Å². The van der Waals surface area contributed by atoms with Crippen LogP contribution in [0.3, 0.4) is 0 Å². The number of aromatic nitrogens is 1. The predicted octanol–water partition coefficient (Wildman–Crippen LogP) is 4.84. The van der Waals surface area contributed by atoms with Gasteiger partial charge in [-0.05, 0) is 49.2 Å². The van der Waals surface area contributed by atoms with E-state index in [0.717, 1.165) is 47.4 Å². The number of nitrogens with zero attached hydrogens (tertiary/aromatic N) is 1. The summed E-state index contributed by atoms with van der Waals surface area (Å²) in [5, 5.41) is 1.88. The molecule has 122 valence electrons. The smallest absolute Gasteiger partial charge is 0.253 e. The highest BCUT2D eigenvalue weighted by atomic mass is 35.5. The molecule has 3 aromatic rings. The van der Waals surface area contributed by atoms with Crippen LogP contribution in [0.4, 0.5) is 0 Å². The Morgan fingerprint density at radius 2 is 1.96 bits per heavy atom. The molecule has 0 spiro atoms. The number of nitrogens with one attached hydrogen (secondary N) is 1. The summed E-state index contributed by atoms with van der Waals surface area (Å²) in [6.07, 6.45) is 2.12. The Balaban J connectivity index is 1.56. The third-order valence-corrected chi connectivity index (χ3v) is 5.01. The van der Waals surface area contributed by atoms with Gasteiger partial charge in [0.05, 0.1) is 0 Å². The Labute approximate surface area is 146 Å². The molecule has 0 saturated carbocycles. The van der Waals surface area contributed by atoms with E-state index < -0.39 is 0 Å². The van der Waals surface area contributed by atoms with Crippen LogP contribution in [0.1, 0.15) is 34.8 Å². The number of hydrogen-bond acceptors (Lipinski definition) is 1. The first-order valence-corrected chi connectivity index (χ1v) is 8.71. The van der Waals surface area contributed by atoms with Gasteiger partial charge in [0.2, 0.25) is 0 Å².